The molecule has 4 nitrogen and oxygen atoms in total. The van der Waals surface area contributed by atoms with E-state index in [1.54, 1.807) is 0 Å². The van der Waals surface area contributed by atoms with Crippen LogP contribution in [0.2, 0.25) is 0 Å². The van der Waals surface area contributed by atoms with Crippen molar-refractivity contribution in [2.24, 2.45) is 0 Å². The molecule has 102 valence electrons. The minimum Gasteiger partial charge on any atom is -0.381 e. The number of hydrogen-bond acceptors (Lipinski definition) is 3. The molecule has 0 radical (unpaired) electrons. The van der Waals surface area contributed by atoms with Gasteiger partial charge in [0.25, 0.3) is 0 Å². The smallest absolute Gasteiger partial charge is 0.152 e. The Balaban J connectivity index is 2.18. The van der Waals surface area contributed by atoms with Crippen LogP contribution in [0.1, 0.15) is 25.0 Å². The first-order chi connectivity index (χ1) is 9.36. The van der Waals surface area contributed by atoms with Crippen molar-refractivity contribution in [2.75, 3.05) is 13.2 Å². The Kier molecular flexibility index (Phi) is 5.36. The van der Waals surface area contributed by atoms with Gasteiger partial charge in [0, 0.05) is 18.7 Å². The second-order valence-corrected chi connectivity index (χ2v) is 4.47. The Labute approximate surface area is 118 Å². The summed E-state index contributed by atoms with van der Waals surface area (Å²) < 4.78 is 7.51. The molecule has 19 heavy (non-hydrogen) atoms. The van der Waals surface area contributed by atoms with E-state index in [2.05, 4.69) is 17.1 Å². The van der Waals surface area contributed by atoms with Crippen molar-refractivity contribution in [1.82, 2.24) is 14.8 Å². The zero-order valence-corrected chi connectivity index (χ0v) is 11.8. The lowest BCUT2D eigenvalue weighted by Gasteiger charge is -2.09. The van der Waals surface area contributed by atoms with Crippen molar-refractivity contribution in [2.45, 2.75) is 25.6 Å². The van der Waals surface area contributed by atoms with E-state index < -0.39 is 0 Å². The van der Waals surface area contributed by atoms with Gasteiger partial charge in [-0.05, 0) is 18.6 Å². The summed E-state index contributed by atoms with van der Waals surface area (Å²) in [5, 5.41) is 8.34. The van der Waals surface area contributed by atoms with E-state index in [1.807, 2.05) is 34.9 Å². The molecule has 0 spiro atoms. The van der Waals surface area contributed by atoms with Crippen molar-refractivity contribution >= 4 is 11.6 Å². The average Bonchev–Trinajstić information content (AvgIpc) is 2.87. The maximum absolute atomic E-state index is 5.92. The van der Waals surface area contributed by atoms with Gasteiger partial charge in [0.05, 0.1) is 12.5 Å². The van der Waals surface area contributed by atoms with Gasteiger partial charge in [-0.15, -0.1) is 21.8 Å². The van der Waals surface area contributed by atoms with Crippen LogP contribution in [-0.2, 0) is 17.0 Å². The third kappa shape index (κ3) is 3.55. The normalized spacial score (nSPS) is 10.8. The van der Waals surface area contributed by atoms with E-state index in [-0.39, 0.29) is 0 Å². The average molecular weight is 280 g/mol. The molecule has 0 aliphatic heterocycles. The van der Waals surface area contributed by atoms with Crippen LogP contribution in [0.25, 0.3) is 5.69 Å². The molecule has 1 heterocycles. The quantitative estimate of drug-likeness (QED) is 0.578. The number of rotatable bonds is 7. The van der Waals surface area contributed by atoms with Gasteiger partial charge in [-0.2, -0.15) is 0 Å². The molecule has 5 heteroatoms. The highest BCUT2D eigenvalue weighted by Gasteiger charge is 2.12. The van der Waals surface area contributed by atoms with E-state index in [4.69, 9.17) is 16.3 Å². The SMILES string of the molecule is CCCOCCc1nnc(CCl)n1-c1ccccc1. The van der Waals surface area contributed by atoms with E-state index in [1.165, 1.54) is 0 Å². The van der Waals surface area contributed by atoms with Crippen LogP contribution >= 0.6 is 11.6 Å². The lowest BCUT2D eigenvalue weighted by Crippen LogP contribution is -2.08. The fraction of sp³-hybridized carbons (Fsp3) is 0.429. The van der Waals surface area contributed by atoms with Crippen LogP contribution in [-0.4, -0.2) is 28.0 Å². The number of hydrogen-bond donors (Lipinski definition) is 0. The molecule has 2 aromatic rings. The first kappa shape index (κ1) is 14.0. The molecule has 0 fully saturated rings. The zero-order valence-electron chi connectivity index (χ0n) is 11.1. The van der Waals surface area contributed by atoms with Gasteiger partial charge in [-0.1, -0.05) is 25.1 Å². The summed E-state index contributed by atoms with van der Waals surface area (Å²) in [5.41, 5.74) is 1.04. The molecule has 0 unspecified atom stereocenters. The van der Waals surface area contributed by atoms with Crippen LogP contribution in [0.4, 0.5) is 0 Å². The molecule has 0 bridgehead atoms. The number of aromatic nitrogens is 3. The highest BCUT2D eigenvalue weighted by atomic mass is 35.5. The van der Waals surface area contributed by atoms with Crippen LogP contribution in [0.5, 0.6) is 0 Å². The Morgan fingerprint density at radius 3 is 2.53 bits per heavy atom. The molecule has 0 aliphatic carbocycles. The first-order valence-electron chi connectivity index (χ1n) is 6.49. The van der Waals surface area contributed by atoms with E-state index >= 15 is 0 Å². The van der Waals surface area contributed by atoms with E-state index in [0.29, 0.717) is 12.5 Å². The summed E-state index contributed by atoms with van der Waals surface area (Å²) >= 11 is 5.92. The maximum atomic E-state index is 5.92. The minimum absolute atomic E-state index is 0.345. The van der Waals surface area contributed by atoms with Gasteiger partial charge >= 0.3 is 0 Å². The number of alkyl halides is 1. The first-order valence-corrected chi connectivity index (χ1v) is 7.02. The van der Waals surface area contributed by atoms with Crippen LogP contribution in [0.3, 0.4) is 0 Å². The fourth-order valence-corrected chi connectivity index (χ4v) is 2.06. The molecule has 0 atom stereocenters. The number of para-hydroxylation sites is 1. The van der Waals surface area contributed by atoms with Crippen LogP contribution in [0.15, 0.2) is 30.3 Å². The van der Waals surface area contributed by atoms with Crippen LogP contribution < -0.4 is 0 Å². The van der Waals surface area contributed by atoms with Gasteiger partial charge in [0.15, 0.2) is 5.82 Å². The minimum atomic E-state index is 0.345. The van der Waals surface area contributed by atoms with Crippen molar-refractivity contribution in [1.29, 1.82) is 0 Å². The predicted molar refractivity (Wildman–Crippen MR) is 75.7 cm³/mol. The summed E-state index contributed by atoms with van der Waals surface area (Å²) in [6, 6.07) is 10.0. The Hall–Kier alpha value is -1.39. The summed E-state index contributed by atoms with van der Waals surface area (Å²) in [6.07, 6.45) is 1.76. The second-order valence-electron chi connectivity index (χ2n) is 4.20. The molecule has 2 rings (SSSR count). The third-order valence-corrected chi connectivity index (χ3v) is 2.99. The monoisotopic (exact) mass is 279 g/mol. The lowest BCUT2D eigenvalue weighted by atomic mass is 10.3. The molecule has 0 amide bonds. The topological polar surface area (TPSA) is 39.9 Å². The Morgan fingerprint density at radius 1 is 1.11 bits per heavy atom. The molecule has 0 saturated carbocycles. The second kappa shape index (κ2) is 7.26. The van der Waals surface area contributed by atoms with E-state index in [0.717, 1.165) is 36.8 Å². The highest BCUT2D eigenvalue weighted by molar-refractivity contribution is 6.16. The summed E-state index contributed by atoms with van der Waals surface area (Å²) in [4.78, 5) is 0. The lowest BCUT2D eigenvalue weighted by molar-refractivity contribution is 0.136. The number of benzene rings is 1. The summed E-state index contributed by atoms with van der Waals surface area (Å²) in [7, 11) is 0. The molecule has 1 aromatic heterocycles. The fourth-order valence-electron chi connectivity index (χ4n) is 1.89. The highest BCUT2D eigenvalue weighted by Crippen LogP contribution is 2.15. The molecular formula is C14H18ClN3O. The summed E-state index contributed by atoms with van der Waals surface area (Å²) in [5.74, 6) is 1.99. The molecule has 1 aromatic carbocycles. The number of nitrogens with zero attached hydrogens (tertiary/aromatic N) is 3. The Morgan fingerprint density at radius 2 is 1.84 bits per heavy atom. The van der Waals surface area contributed by atoms with Gasteiger partial charge in [0.2, 0.25) is 0 Å². The van der Waals surface area contributed by atoms with Gasteiger partial charge in [-0.25, -0.2) is 0 Å². The predicted octanol–water partition coefficient (Wildman–Crippen LogP) is 2.98. The zero-order chi connectivity index (χ0) is 13.5. The molecule has 0 N–H and O–H groups in total. The van der Waals surface area contributed by atoms with Crippen molar-refractivity contribution in [3.8, 4) is 5.69 Å². The van der Waals surface area contributed by atoms with Crippen molar-refractivity contribution in [3.63, 3.8) is 0 Å². The van der Waals surface area contributed by atoms with Crippen molar-refractivity contribution < 1.29 is 4.74 Å². The third-order valence-electron chi connectivity index (χ3n) is 2.75. The maximum Gasteiger partial charge on any atom is 0.152 e. The molecule has 0 saturated heterocycles. The van der Waals surface area contributed by atoms with Gasteiger partial charge in [-0.3, -0.25) is 4.57 Å². The standard InChI is InChI=1S/C14H18ClN3O/c1-2-9-19-10-8-13-16-17-14(11-15)18(13)12-6-4-3-5-7-12/h3-7H,2,8-11H2,1H3. The Bertz CT molecular complexity index is 499. The molecular weight excluding hydrogens is 262 g/mol. The van der Waals surface area contributed by atoms with Gasteiger partial charge < -0.3 is 4.74 Å². The van der Waals surface area contributed by atoms with E-state index in [9.17, 15) is 0 Å². The number of halogens is 1. The van der Waals surface area contributed by atoms with Crippen molar-refractivity contribution in [3.05, 3.63) is 42.0 Å². The largest absolute Gasteiger partial charge is 0.381 e. The summed E-state index contributed by atoms with van der Waals surface area (Å²) in [6.45, 7) is 3.53. The number of ether oxygens (including phenoxy) is 1. The van der Waals surface area contributed by atoms with Gasteiger partial charge in [0.1, 0.15) is 5.82 Å². The van der Waals surface area contributed by atoms with Crippen LogP contribution in [0, 0.1) is 0 Å². The molecule has 0 aliphatic rings.